The molecule has 0 aromatic heterocycles. The summed E-state index contributed by atoms with van der Waals surface area (Å²) in [5.41, 5.74) is 1.44. The van der Waals surface area contributed by atoms with Crippen LogP contribution in [0.5, 0.6) is 0 Å². The third kappa shape index (κ3) is 4.63. The molecule has 2 fully saturated rings. The smallest absolute Gasteiger partial charge is 0.252 e. The van der Waals surface area contributed by atoms with Crippen LogP contribution in [0, 0.1) is 10.5 Å². The van der Waals surface area contributed by atoms with Gasteiger partial charge in [0.25, 0.3) is 5.91 Å². The monoisotopic (exact) mass is 566 g/mol. The summed E-state index contributed by atoms with van der Waals surface area (Å²) in [6.07, 6.45) is 5.22. The molecule has 0 N–H and O–H groups in total. The van der Waals surface area contributed by atoms with Gasteiger partial charge in [0.05, 0.1) is 17.0 Å². The van der Waals surface area contributed by atoms with Crippen molar-refractivity contribution < 1.29 is 18.0 Å². The number of amides is 2. The summed E-state index contributed by atoms with van der Waals surface area (Å²) in [4.78, 5) is 27.7. The lowest BCUT2D eigenvalue weighted by Gasteiger charge is -2.33. The fourth-order valence-corrected chi connectivity index (χ4v) is 6.82. The topological polar surface area (TPSA) is 74.8 Å². The Morgan fingerprint density at radius 2 is 1.50 bits per heavy atom. The van der Waals surface area contributed by atoms with Gasteiger partial charge in [-0.3, -0.25) is 9.59 Å². The number of carbonyl (C=O) groups is 2. The van der Waals surface area contributed by atoms with E-state index < -0.39 is 22.0 Å². The first-order chi connectivity index (χ1) is 15.3. The van der Waals surface area contributed by atoms with Gasteiger partial charge in [0, 0.05) is 9.61 Å². The molecule has 6 nitrogen and oxygen atoms in total. The molecule has 4 rings (SSSR count). The fraction of sp³-hybridized carbons (Fsp3) is 0.417. The minimum Gasteiger partial charge on any atom is -0.274 e. The number of aryl methyl sites for hydroxylation is 1. The van der Waals surface area contributed by atoms with E-state index >= 15 is 0 Å². The van der Waals surface area contributed by atoms with Crippen LogP contribution < -0.4 is 4.90 Å². The molecule has 1 heterocycles. The van der Waals surface area contributed by atoms with Crippen molar-refractivity contribution in [3.63, 3.8) is 0 Å². The first-order valence-electron chi connectivity index (χ1n) is 11.0. The van der Waals surface area contributed by atoms with Crippen LogP contribution in [0.2, 0.25) is 0 Å². The van der Waals surface area contributed by atoms with Gasteiger partial charge in [-0.2, -0.15) is 4.31 Å². The summed E-state index contributed by atoms with van der Waals surface area (Å²) in [6, 6.07) is 12.5. The summed E-state index contributed by atoms with van der Waals surface area (Å²) in [5, 5.41) is 0. The normalized spacial score (nSPS) is 20.7. The zero-order chi connectivity index (χ0) is 22.9. The van der Waals surface area contributed by atoms with E-state index in [4.69, 9.17) is 0 Å². The standard InChI is InChI=1S/C24H27IN2O4S/c1-17-8-14-21(15-9-17)32(30,31)27(20-6-4-2-3-5-7-20)22-16-23(28)26(24(22)29)19-12-10-18(25)11-13-19/h8-15,20,22H,2-7,16H2,1H3. The van der Waals surface area contributed by atoms with E-state index in [1.165, 1.54) is 4.31 Å². The van der Waals surface area contributed by atoms with Gasteiger partial charge in [-0.05, 0) is 78.8 Å². The maximum atomic E-state index is 13.8. The number of rotatable bonds is 5. The minimum atomic E-state index is -3.95. The molecule has 2 amide bonds. The lowest BCUT2D eigenvalue weighted by Crippen LogP contribution is -2.50. The highest BCUT2D eigenvalue weighted by Crippen LogP contribution is 2.34. The first-order valence-corrected chi connectivity index (χ1v) is 13.5. The predicted octanol–water partition coefficient (Wildman–Crippen LogP) is 4.65. The van der Waals surface area contributed by atoms with E-state index in [0.29, 0.717) is 18.5 Å². The molecule has 2 aromatic carbocycles. The molecule has 1 saturated carbocycles. The second kappa shape index (κ2) is 9.61. The zero-order valence-electron chi connectivity index (χ0n) is 18.0. The molecule has 1 aliphatic carbocycles. The Kier molecular flexibility index (Phi) is 7.02. The van der Waals surface area contributed by atoms with Crippen LogP contribution in [-0.2, 0) is 19.6 Å². The lowest BCUT2D eigenvalue weighted by molar-refractivity contribution is -0.122. The number of nitrogens with zero attached hydrogens (tertiary/aromatic N) is 2. The van der Waals surface area contributed by atoms with Crippen molar-refractivity contribution in [2.45, 2.75) is 68.8 Å². The number of carbonyl (C=O) groups excluding carboxylic acids is 2. The largest absolute Gasteiger partial charge is 0.274 e. The Hall–Kier alpha value is -1.78. The molecule has 2 aromatic rings. The number of anilines is 1. The molecule has 8 heteroatoms. The maximum absolute atomic E-state index is 13.8. The molecule has 1 atom stereocenters. The molecule has 0 bridgehead atoms. The van der Waals surface area contributed by atoms with Gasteiger partial charge in [0.2, 0.25) is 15.9 Å². The van der Waals surface area contributed by atoms with Crippen LogP contribution in [0.25, 0.3) is 0 Å². The van der Waals surface area contributed by atoms with Gasteiger partial charge >= 0.3 is 0 Å². The van der Waals surface area contributed by atoms with Gasteiger partial charge < -0.3 is 0 Å². The summed E-state index contributed by atoms with van der Waals surface area (Å²) in [7, 11) is -3.95. The summed E-state index contributed by atoms with van der Waals surface area (Å²) < 4.78 is 30.0. The third-order valence-electron chi connectivity index (χ3n) is 6.30. The van der Waals surface area contributed by atoms with E-state index in [1.807, 2.05) is 19.1 Å². The third-order valence-corrected chi connectivity index (χ3v) is 8.99. The van der Waals surface area contributed by atoms with Crippen LogP contribution in [0.1, 0.15) is 50.5 Å². The SMILES string of the molecule is Cc1ccc(S(=O)(=O)N(C2CCCCCC2)C2CC(=O)N(c3ccc(I)cc3)C2=O)cc1. The van der Waals surface area contributed by atoms with Crippen LogP contribution in [-0.4, -0.2) is 36.6 Å². The van der Waals surface area contributed by atoms with Gasteiger partial charge in [-0.1, -0.05) is 43.4 Å². The van der Waals surface area contributed by atoms with Crippen LogP contribution in [0.3, 0.4) is 0 Å². The first kappa shape index (κ1) is 23.4. The predicted molar refractivity (Wildman–Crippen MR) is 132 cm³/mol. The van der Waals surface area contributed by atoms with Crippen molar-refractivity contribution >= 4 is 50.1 Å². The Morgan fingerprint density at radius 3 is 2.09 bits per heavy atom. The van der Waals surface area contributed by atoms with Crippen molar-refractivity contribution in [3.8, 4) is 0 Å². The van der Waals surface area contributed by atoms with Crippen molar-refractivity contribution in [2.24, 2.45) is 0 Å². The number of benzene rings is 2. The molecular formula is C24H27IN2O4S. The van der Waals surface area contributed by atoms with E-state index in [1.54, 1.807) is 36.4 Å². The Bertz CT molecular complexity index is 1090. The van der Waals surface area contributed by atoms with Gasteiger partial charge in [-0.15, -0.1) is 0 Å². The fourth-order valence-electron chi connectivity index (χ4n) is 4.64. The van der Waals surface area contributed by atoms with Crippen LogP contribution in [0.15, 0.2) is 53.4 Å². The Morgan fingerprint density at radius 1 is 0.906 bits per heavy atom. The minimum absolute atomic E-state index is 0.133. The number of imide groups is 1. The zero-order valence-corrected chi connectivity index (χ0v) is 21.0. The van der Waals surface area contributed by atoms with Gasteiger partial charge in [-0.25, -0.2) is 13.3 Å². The Balaban J connectivity index is 1.74. The average molecular weight is 566 g/mol. The van der Waals surface area contributed by atoms with E-state index in [9.17, 15) is 18.0 Å². The maximum Gasteiger partial charge on any atom is 0.252 e. The number of hydrogen-bond donors (Lipinski definition) is 0. The van der Waals surface area contributed by atoms with E-state index in [2.05, 4.69) is 22.6 Å². The summed E-state index contributed by atoms with van der Waals surface area (Å²) in [5.74, 6) is -0.824. The van der Waals surface area contributed by atoms with Crippen LogP contribution in [0.4, 0.5) is 5.69 Å². The highest BCUT2D eigenvalue weighted by atomic mass is 127. The quantitative estimate of drug-likeness (QED) is 0.300. The molecule has 2 aliphatic rings. The summed E-state index contributed by atoms with van der Waals surface area (Å²) >= 11 is 2.16. The van der Waals surface area contributed by atoms with Gasteiger partial charge in [0.15, 0.2) is 0 Å². The molecule has 1 saturated heterocycles. The highest BCUT2D eigenvalue weighted by molar-refractivity contribution is 14.1. The second-order valence-corrected chi connectivity index (χ2v) is 11.6. The second-order valence-electron chi connectivity index (χ2n) is 8.56. The average Bonchev–Trinajstić information content (AvgIpc) is 2.93. The van der Waals surface area contributed by atoms with Gasteiger partial charge in [0.1, 0.15) is 6.04 Å². The van der Waals surface area contributed by atoms with Crippen molar-refractivity contribution in [1.82, 2.24) is 4.31 Å². The van der Waals surface area contributed by atoms with Crippen molar-refractivity contribution in [3.05, 3.63) is 57.7 Å². The van der Waals surface area contributed by atoms with E-state index in [-0.39, 0.29) is 23.3 Å². The molecule has 1 aliphatic heterocycles. The molecular weight excluding hydrogens is 539 g/mol. The molecule has 0 radical (unpaired) electrons. The number of halogens is 1. The molecule has 32 heavy (non-hydrogen) atoms. The van der Waals surface area contributed by atoms with Crippen LogP contribution >= 0.6 is 22.6 Å². The van der Waals surface area contributed by atoms with Crippen molar-refractivity contribution in [1.29, 1.82) is 0 Å². The Labute approximate surface area is 203 Å². The summed E-state index contributed by atoms with van der Waals surface area (Å²) in [6.45, 7) is 1.90. The molecule has 170 valence electrons. The number of hydrogen-bond acceptors (Lipinski definition) is 4. The highest BCUT2D eigenvalue weighted by Gasteiger charge is 2.49. The van der Waals surface area contributed by atoms with E-state index in [0.717, 1.165) is 39.7 Å². The van der Waals surface area contributed by atoms with Crippen molar-refractivity contribution in [2.75, 3.05) is 4.90 Å². The lowest BCUT2D eigenvalue weighted by atomic mass is 10.1. The number of sulfonamides is 1. The molecule has 1 unspecified atom stereocenters. The molecule has 0 spiro atoms.